The Bertz CT molecular complexity index is 943. The molecule has 0 atom stereocenters. The highest BCUT2D eigenvalue weighted by Gasteiger charge is 2.31. The van der Waals surface area contributed by atoms with E-state index in [0.29, 0.717) is 42.4 Å². The first kappa shape index (κ1) is 17.2. The summed E-state index contributed by atoms with van der Waals surface area (Å²) >= 11 is 0. The van der Waals surface area contributed by atoms with Gasteiger partial charge in [0.1, 0.15) is 0 Å². The number of carbonyl (C=O) groups is 1. The molecule has 1 N–H and O–H groups in total. The van der Waals surface area contributed by atoms with Crippen LogP contribution in [0.4, 0.5) is 5.69 Å². The van der Waals surface area contributed by atoms with Crippen molar-refractivity contribution >= 4 is 21.6 Å². The summed E-state index contributed by atoms with van der Waals surface area (Å²) in [6.45, 7) is 0.995. The lowest BCUT2D eigenvalue weighted by molar-refractivity contribution is -0.116. The van der Waals surface area contributed by atoms with E-state index in [4.69, 9.17) is 0 Å². The zero-order chi connectivity index (χ0) is 18.3. The highest BCUT2D eigenvalue weighted by molar-refractivity contribution is 7.89. The van der Waals surface area contributed by atoms with Crippen molar-refractivity contribution in [3.05, 3.63) is 41.7 Å². The highest BCUT2D eigenvalue weighted by Crippen LogP contribution is 2.31. The zero-order valence-corrected chi connectivity index (χ0v) is 15.5. The summed E-state index contributed by atoms with van der Waals surface area (Å²) < 4.78 is 29.4. The Morgan fingerprint density at radius 3 is 2.62 bits per heavy atom. The quantitative estimate of drug-likeness (QED) is 0.889. The van der Waals surface area contributed by atoms with Crippen LogP contribution >= 0.6 is 0 Å². The molecule has 2 aliphatic rings. The van der Waals surface area contributed by atoms with Gasteiger partial charge in [-0.3, -0.25) is 9.48 Å². The maximum Gasteiger partial charge on any atom is 0.243 e. The third-order valence-electron chi connectivity index (χ3n) is 5.22. The van der Waals surface area contributed by atoms with Crippen LogP contribution < -0.4 is 5.32 Å². The van der Waals surface area contributed by atoms with Crippen LogP contribution in [0.25, 0.3) is 0 Å². The highest BCUT2D eigenvalue weighted by atomic mass is 32.2. The number of aromatic nitrogens is 2. The number of hydrogen-bond donors (Lipinski definition) is 1. The number of fused-ring (bicyclic) bond motifs is 1. The van der Waals surface area contributed by atoms with E-state index in [-0.39, 0.29) is 5.91 Å². The van der Waals surface area contributed by atoms with Crippen LogP contribution in [-0.4, -0.2) is 41.5 Å². The van der Waals surface area contributed by atoms with Crippen LogP contribution in [0, 0.1) is 0 Å². The van der Waals surface area contributed by atoms with Crippen molar-refractivity contribution in [1.82, 2.24) is 14.1 Å². The smallest absolute Gasteiger partial charge is 0.243 e. The molecular weight excluding hydrogens is 352 g/mol. The van der Waals surface area contributed by atoms with Crippen LogP contribution in [0.3, 0.4) is 0 Å². The van der Waals surface area contributed by atoms with E-state index in [1.54, 1.807) is 27.2 Å². The molecule has 26 heavy (non-hydrogen) atoms. The number of rotatable bonds is 3. The number of anilines is 1. The van der Waals surface area contributed by atoms with Gasteiger partial charge < -0.3 is 5.32 Å². The second kappa shape index (κ2) is 6.51. The summed E-state index contributed by atoms with van der Waals surface area (Å²) in [6.07, 6.45) is 4.44. The van der Waals surface area contributed by atoms with Crippen molar-refractivity contribution in [3.63, 3.8) is 0 Å². The first-order chi connectivity index (χ1) is 12.4. The fourth-order valence-corrected chi connectivity index (χ4v) is 5.23. The number of piperidine rings is 1. The Morgan fingerprint density at radius 2 is 1.92 bits per heavy atom. The van der Waals surface area contributed by atoms with E-state index < -0.39 is 10.0 Å². The predicted molar refractivity (Wildman–Crippen MR) is 97.3 cm³/mol. The second-order valence-electron chi connectivity index (χ2n) is 6.96. The lowest BCUT2D eigenvalue weighted by atomic mass is 9.95. The lowest BCUT2D eigenvalue weighted by Gasteiger charge is -2.30. The largest absolute Gasteiger partial charge is 0.326 e. The van der Waals surface area contributed by atoms with Gasteiger partial charge in [0.05, 0.1) is 10.6 Å². The normalized spacial score (nSPS) is 19.2. The molecule has 2 aromatic rings. The molecule has 1 fully saturated rings. The molecule has 0 bridgehead atoms. The van der Waals surface area contributed by atoms with Crippen molar-refractivity contribution < 1.29 is 13.2 Å². The molecule has 1 aromatic heterocycles. The molecule has 3 heterocycles. The SMILES string of the molecule is Cn1ccc(C2CCN(S(=O)(=O)c3ccc4c(c3)CCC(=O)N4)CC2)n1. The lowest BCUT2D eigenvalue weighted by Crippen LogP contribution is -2.38. The molecule has 0 spiro atoms. The minimum Gasteiger partial charge on any atom is -0.326 e. The number of benzene rings is 1. The second-order valence-corrected chi connectivity index (χ2v) is 8.90. The van der Waals surface area contributed by atoms with Crippen molar-refractivity contribution in [2.75, 3.05) is 18.4 Å². The fourth-order valence-electron chi connectivity index (χ4n) is 3.71. The van der Waals surface area contributed by atoms with Crippen LogP contribution in [-0.2, 0) is 28.3 Å². The number of nitrogens with zero attached hydrogens (tertiary/aromatic N) is 3. The zero-order valence-electron chi connectivity index (χ0n) is 14.7. The number of nitrogens with one attached hydrogen (secondary N) is 1. The van der Waals surface area contributed by atoms with Gasteiger partial charge in [-0.25, -0.2) is 8.42 Å². The van der Waals surface area contributed by atoms with Crippen molar-refractivity contribution in [1.29, 1.82) is 0 Å². The monoisotopic (exact) mass is 374 g/mol. The number of amides is 1. The van der Waals surface area contributed by atoms with Crippen molar-refractivity contribution in [2.24, 2.45) is 7.05 Å². The van der Waals surface area contributed by atoms with Gasteiger partial charge in [-0.15, -0.1) is 0 Å². The minimum absolute atomic E-state index is 0.0234. The average molecular weight is 374 g/mol. The summed E-state index contributed by atoms with van der Waals surface area (Å²) in [5, 5.41) is 7.24. The molecule has 0 unspecified atom stereocenters. The van der Waals surface area contributed by atoms with Gasteiger partial charge in [0.15, 0.2) is 0 Å². The van der Waals surface area contributed by atoms with Gasteiger partial charge in [0.25, 0.3) is 0 Å². The average Bonchev–Trinajstić information content (AvgIpc) is 3.07. The molecule has 1 saturated heterocycles. The number of hydrogen-bond acceptors (Lipinski definition) is 4. The van der Waals surface area contributed by atoms with E-state index >= 15 is 0 Å². The Kier molecular flexibility index (Phi) is 4.32. The number of sulfonamides is 1. The number of aryl methyl sites for hydroxylation is 2. The van der Waals surface area contributed by atoms with Crippen molar-refractivity contribution in [2.45, 2.75) is 36.5 Å². The van der Waals surface area contributed by atoms with E-state index in [0.717, 1.165) is 24.1 Å². The maximum atomic E-state index is 13.0. The topological polar surface area (TPSA) is 84.3 Å². The molecule has 0 aliphatic carbocycles. The van der Waals surface area contributed by atoms with E-state index in [1.165, 1.54) is 0 Å². The molecule has 0 radical (unpaired) electrons. The minimum atomic E-state index is -3.51. The van der Waals surface area contributed by atoms with Gasteiger partial charge in [-0.1, -0.05) is 0 Å². The van der Waals surface area contributed by atoms with Gasteiger partial charge in [0.2, 0.25) is 15.9 Å². The van der Waals surface area contributed by atoms with E-state index in [2.05, 4.69) is 10.4 Å². The molecule has 7 nitrogen and oxygen atoms in total. The Labute approximate surface area is 153 Å². The van der Waals surface area contributed by atoms with Crippen LogP contribution in [0.1, 0.15) is 36.4 Å². The van der Waals surface area contributed by atoms with Gasteiger partial charge in [-0.05, 0) is 49.1 Å². The first-order valence-electron chi connectivity index (χ1n) is 8.86. The molecule has 138 valence electrons. The molecule has 0 saturated carbocycles. The van der Waals surface area contributed by atoms with Gasteiger partial charge in [0, 0.05) is 44.4 Å². The first-order valence-corrected chi connectivity index (χ1v) is 10.3. The summed E-state index contributed by atoms with van der Waals surface area (Å²) in [5.41, 5.74) is 2.64. The van der Waals surface area contributed by atoms with E-state index in [1.807, 2.05) is 19.3 Å². The summed E-state index contributed by atoms with van der Waals surface area (Å²) in [5.74, 6) is 0.283. The molecule has 1 aromatic carbocycles. The Morgan fingerprint density at radius 1 is 1.15 bits per heavy atom. The van der Waals surface area contributed by atoms with Crippen molar-refractivity contribution in [3.8, 4) is 0 Å². The van der Waals surface area contributed by atoms with Crippen LogP contribution in [0.5, 0.6) is 0 Å². The third-order valence-corrected chi connectivity index (χ3v) is 7.11. The fraction of sp³-hybridized carbons (Fsp3) is 0.444. The third kappa shape index (κ3) is 3.14. The number of carbonyl (C=O) groups excluding carboxylic acids is 1. The molecule has 8 heteroatoms. The van der Waals surface area contributed by atoms with Crippen LogP contribution in [0.15, 0.2) is 35.4 Å². The Balaban J connectivity index is 1.50. The molecule has 1 amide bonds. The maximum absolute atomic E-state index is 13.0. The van der Waals surface area contributed by atoms with Crippen LogP contribution in [0.2, 0.25) is 0 Å². The summed E-state index contributed by atoms with van der Waals surface area (Å²) in [4.78, 5) is 11.8. The van der Waals surface area contributed by atoms with E-state index in [9.17, 15) is 13.2 Å². The standard InChI is InChI=1S/C18H22N4O3S/c1-21-9-8-17(20-21)13-6-10-22(11-7-13)26(24,25)15-3-4-16-14(12-15)2-5-18(23)19-16/h3-4,8-9,12-13H,2,5-7,10-11H2,1H3,(H,19,23). The van der Waals surface area contributed by atoms with Gasteiger partial charge in [-0.2, -0.15) is 9.40 Å². The molecule has 2 aliphatic heterocycles. The molecule has 4 rings (SSSR count). The molecular formula is C18H22N4O3S. The van der Waals surface area contributed by atoms with Gasteiger partial charge >= 0.3 is 0 Å². The Hall–Kier alpha value is -2.19. The predicted octanol–water partition coefficient (Wildman–Crippen LogP) is 1.87. The summed E-state index contributed by atoms with van der Waals surface area (Å²) in [6, 6.07) is 6.99. The summed E-state index contributed by atoms with van der Waals surface area (Å²) in [7, 11) is -1.62.